The molecule has 6 nitrogen and oxygen atoms in total. The Bertz CT molecular complexity index is 706. The van der Waals surface area contributed by atoms with Gasteiger partial charge in [-0.3, -0.25) is 9.69 Å². The summed E-state index contributed by atoms with van der Waals surface area (Å²) in [5.74, 6) is -0.0357. The quantitative estimate of drug-likeness (QED) is 0.799. The predicted octanol–water partition coefficient (Wildman–Crippen LogP) is 1.00. The maximum Gasteiger partial charge on any atom is 0.237 e. The summed E-state index contributed by atoms with van der Waals surface area (Å²) < 4.78 is 27.1. The first-order chi connectivity index (χ1) is 11.9. The van der Waals surface area contributed by atoms with E-state index in [0.717, 1.165) is 26.1 Å². The van der Waals surface area contributed by atoms with Crippen LogP contribution in [0.3, 0.4) is 0 Å². The molecule has 2 heterocycles. The fourth-order valence-corrected chi connectivity index (χ4v) is 5.98. The van der Waals surface area contributed by atoms with Crippen LogP contribution in [-0.4, -0.2) is 74.0 Å². The number of benzene rings is 1. The van der Waals surface area contributed by atoms with E-state index in [1.165, 1.54) is 14.8 Å². The molecule has 2 saturated heterocycles. The number of sulfonamides is 1. The molecule has 0 bridgehead atoms. The molecule has 2 aliphatic rings. The van der Waals surface area contributed by atoms with Crippen molar-refractivity contribution in [3.63, 3.8) is 0 Å². The summed E-state index contributed by atoms with van der Waals surface area (Å²) in [6.45, 7) is 3.00. The number of amides is 1. The molecule has 0 aromatic heterocycles. The number of carbonyl (C=O) groups is 1. The van der Waals surface area contributed by atoms with Crippen LogP contribution in [0.15, 0.2) is 30.3 Å². The molecule has 138 valence electrons. The molecule has 0 saturated carbocycles. The fourth-order valence-electron chi connectivity index (χ4n) is 3.80. The number of carbonyl (C=O) groups excluding carboxylic acids is 1. The smallest absolute Gasteiger partial charge is 0.237 e. The second kappa shape index (κ2) is 7.43. The number of hydrogen-bond donors (Lipinski definition) is 0. The fraction of sp³-hybridized carbons (Fsp3) is 0.611. The number of likely N-dealkylation sites (N-methyl/N-ethyl adjacent to an activating group) is 1. The lowest BCUT2D eigenvalue weighted by Crippen LogP contribution is -2.39. The average molecular weight is 365 g/mol. The molecule has 0 unspecified atom stereocenters. The molecule has 1 amide bonds. The van der Waals surface area contributed by atoms with Crippen molar-refractivity contribution in [3.8, 4) is 0 Å². The first-order valence-corrected chi connectivity index (χ1v) is 10.3. The van der Waals surface area contributed by atoms with E-state index in [1.54, 1.807) is 14.1 Å². The van der Waals surface area contributed by atoms with Gasteiger partial charge >= 0.3 is 0 Å². The summed E-state index contributed by atoms with van der Waals surface area (Å²) in [4.78, 5) is 15.7. The van der Waals surface area contributed by atoms with Crippen molar-refractivity contribution in [1.29, 1.82) is 0 Å². The lowest BCUT2D eigenvalue weighted by Gasteiger charge is -2.22. The number of likely N-dealkylation sites (tertiary alicyclic amines) is 1. The maximum absolute atomic E-state index is 12.8. The molecule has 0 spiro atoms. The highest BCUT2D eigenvalue weighted by Gasteiger charge is 2.47. The summed E-state index contributed by atoms with van der Waals surface area (Å²) in [7, 11) is -0.0624. The summed E-state index contributed by atoms with van der Waals surface area (Å²) in [5, 5.41) is -0.344. The molecule has 25 heavy (non-hydrogen) atoms. The van der Waals surface area contributed by atoms with E-state index < -0.39 is 10.0 Å². The Morgan fingerprint density at radius 1 is 1.16 bits per heavy atom. The van der Waals surface area contributed by atoms with Gasteiger partial charge in [0, 0.05) is 27.2 Å². The Kier molecular flexibility index (Phi) is 5.46. The molecule has 1 aromatic rings. The van der Waals surface area contributed by atoms with Gasteiger partial charge in [0.05, 0.1) is 11.8 Å². The molecule has 0 aliphatic carbocycles. The van der Waals surface area contributed by atoms with E-state index in [2.05, 4.69) is 17.0 Å². The Balaban J connectivity index is 1.64. The lowest BCUT2D eigenvalue weighted by atomic mass is 10.0. The van der Waals surface area contributed by atoms with Crippen molar-refractivity contribution < 1.29 is 13.2 Å². The van der Waals surface area contributed by atoms with Crippen LogP contribution >= 0.6 is 0 Å². The molecular weight excluding hydrogens is 338 g/mol. The third-order valence-electron chi connectivity index (χ3n) is 5.31. The van der Waals surface area contributed by atoms with Crippen molar-refractivity contribution in [2.24, 2.45) is 5.92 Å². The van der Waals surface area contributed by atoms with Gasteiger partial charge in [0.2, 0.25) is 15.9 Å². The van der Waals surface area contributed by atoms with Gasteiger partial charge in [0.15, 0.2) is 0 Å². The van der Waals surface area contributed by atoms with Crippen LogP contribution in [0.1, 0.15) is 18.4 Å². The number of nitrogens with zero attached hydrogens (tertiary/aromatic N) is 3. The van der Waals surface area contributed by atoms with Gasteiger partial charge in [0.25, 0.3) is 0 Å². The van der Waals surface area contributed by atoms with Gasteiger partial charge in [-0.2, -0.15) is 4.31 Å². The number of rotatable bonds is 4. The minimum absolute atomic E-state index is 0.0317. The van der Waals surface area contributed by atoms with Crippen molar-refractivity contribution >= 4 is 15.9 Å². The van der Waals surface area contributed by atoms with Crippen LogP contribution in [0.5, 0.6) is 0 Å². The molecule has 0 N–H and O–H groups in total. The van der Waals surface area contributed by atoms with Crippen LogP contribution in [0.25, 0.3) is 0 Å². The Morgan fingerprint density at radius 2 is 1.84 bits per heavy atom. The van der Waals surface area contributed by atoms with Gasteiger partial charge in [-0.1, -0.05) is 30.3 Å². The van der Waals surface area contributed by atoms with Crippen LogP contribution in [0.2, 0.25) is 0 Å². The highest BCUT2D eigenvalue weighted by atomic mass is 32.2. The van der Waals surface area contributed by atoms with E-state index in [-0.39, 0.29) is 23.6 Å². The van der Waals surface area contributed by atoms with Crippen molar-refractivity contribution in [3.05, 3.63) is 35.9 Å². The molecule has 7 heteroatoms. The van der Waals surface area contributed by atoms with Gasteiger partial charge in [-0.15, -0.1) is 0 Å². The average Bonchev–Trinajstić information content (AvgIpc) is 2.71. The van der Waals surface area contributed by atoms with E-state index in [1.807, 2.05) is 18.2 Å². The lowest BCUT2D eigenvalue weighted by molar-refractivity contribution is -0.128. The summed E-state index contributed by atoms with van der Waals surface area (Å²) in [6.07, 6.45) is 1.51. The second-order valence-electron chi connectivity index (χ2n) is 7.26. The largest absolute Gasteiger partial charge is 0.348 e. The third kappa shape index (κ3) is 4.04. The van der Waals surface area contributed by atoms with Crippen LogP contribution < -0.4 is 0 Å². The van der Waals surface area contributed by atoms with Crippen LogP contribution in [0, 0.1) is 5.92 Å². The molecule has 1 aromatic carbocycles. The van der Waals surface area contributed by atoms with Crippen LogP contribution in [0.4, 0.5) is 0 Å². The van der Waals surface area contributed by atoms with E-state index in [4.69, 9.17) is 0 Å². The Hall–Kier alpha value is -1.44. The topological polar surface area (TPSA) is 60.9 Å². The highest BCUT2D eigenvalue weighted by Crippen LogP contribution is 2.34. The van der Waals surface area contributed by atoms with Crippen molar-refractivity contribution in [1.82, 2.24) is 14.1 Å². The zero-order valence-corrected chi connectivity index (χ0v) is 15.8. The summed E-state index contributed by atoms with van der Waals surface area (Å²) >= 11 is 0. The molecule has 0 radical (unpaired) electrons. The molecule has 2 atom stereocenters. The molecule has 2 aliphatic heterocycles. The SMILES string of the molecule is CN(C)C(=O)CN1C[C@H]2CCN(Cc3ccccc3)CC[C@H]2S1(=O)=O. The number of fused-ring (bicyclic) bond motifs is 1. The van der Waals surface area contributed by atoms with E-state index in [0.29, 0.717) is 13.0 Å². The summed E-state index contributed by atoms with van der Waals surface area (Å²) in [6, 6.07) is 10.3. The molecule has 3 rings (SSSR count). The zero-order chi connectivity index (χ0) is 18.0. The first-order valence-electron chi connectivity index (χ1n) is 8.83. The Morgan fingerprint density at radius 3 is 2.52 bits per heavy atom. The van der Waals surface area contributed by atoms with Gasteiger partial charge < -0.3 is 4.90 Å². The van der Waals surface area contributed by atoms with Gasteiger partial charge in [-0.05, 0) is 37.4 Å². The third-order valence-corrected chi connectivity index (χ3v) is 7.70. The second-order valence-corrected chi connectivity index (χ2v) is 9.42. The zero-order valence-electron chi connectivity index (χ0n) is 15.0. The predicted molar refractivity (Wildman–Crippen MR) is 97.4 cm³/mol. The summed E-state index contributed by atoms with van der Waals surface area (Å²) in [5.41, 5.74) is 1.26. The minimum Gasteiger partial charge on any atom is -0.348 e. The van der Waals surface area contributed by atoms with Crippen molar-refractivity contribution in [2.45, 2.75) is 24.6 Å². The first kappa shape index (κ1) is 18.4. The van der Waals surface area contributed by atoms with Crippen LogP contribution in [-0.2, 0) is 21.4 Å². The van der Waals surface area contributed by atoms with Gasteiger partial charge in [0.1, 0.15) is 0 Å². The highest BCUT2D eigenvalue weighted by molar-refractivity contribution is 7.90. The van der Waals surface area contributed by atoms with Crippen molar-refractivity contribution in [2.75, 3.05) is 40.3 Å². The van der Waals surface area contributed by atoms with Gasteiger partial charge in [-0.25, -0.2) is 8.42 Å². The normalized spacial score (nSPS) is 26.8. The molecule has 2 fully saturated rings. The molecular formula is C18H27N3O3S. The monoisotopic (exact) mass is 365 g/mol. The van der Waals surface area contributed by atoms with E-state index >= 15 is 0 Å². The minimum atomic E-state index is -3.38. The van der Waals surface area contributed by atoms with E-state index in [9.17, 15) is 13.2 Å². The maximum atomic E-state index is 12.8. The standard InChI is InChI=1S/C18H27N3O3S/c1-19(2)18(22)14-21-13-16-8-10-20(11-9-17(16)25(21,23)24)12-15-6-4-3-5-7-15/h3-7,16-17H,8-14H2,1-2H3/t16-,17-/m1/s1. The number of hydrogen-bond acceptors (Lipinski definition) is 4. The Labute approximate surface area is 150 Å².